The van der Waals surface area contributed by atoms with Gasteiger partial charge in [0, 0.05) is 0 Å². The zero-order valence-electron chi connectivity index (χ0n) is 43.4. The highest BCUT2D eigenvalue weighted by Crippen LogP contribution is 2.76. The Labute approximate surface area is 430 Å². The molecule has 4 saturated heterocycles. The van der Waals surface area contributed by atoms with Gasteiger partial charge in [-0.25, -0.2) is 4.79 Å². The van der Waals surface area contributed by atoms with Gasteiger partial charge in [0.25, 0.3) is 0 Å². The van der Waals surface area contributed by atoms with Crippen molar-refractivity contribution in [3.8, 4) is 0 Å². The molecule has 0 aromatic carbocycles. The minimum Gasteiger partial charge on any atom is -0.479 e. The third-order valence-corrected chi connectivity index (χ3v) is 20.7. The first-order chi connectivity index (χ1) is 34.6. The summed E-state index contributed by atoms with van der Waals surface area (Å²) in [7, 11) is 0. The van der Waals surface area contributed by atoms with Crippen molar-refractivity contribution in [3.05, 3.63) is 11.6 Å². The molecule has 12 N–H and O–H groups in total. The van der Waals surface area contributed by atoms with E-state index in [1.807, 2.05) is 0 Å². The lowest BCUT2D eigenvalue weighted by Gasteiger charge is -2.71. The highest BCUT2D eigenvalue weighted by molar-refractivity contribution is 5.79. The Morgan fingerprint density at radius 3 is 1.69 bits per heavy atom. The van der Waals surface area contributed by atoms with E-state index in [1.165, 1.54) is 5.57 Å². The van der Waals surface area contributed by atoms with Crippen molar-refractivity contribution in [3.63, 3.8) is 0 Å². The van der Waals surface area contributed by atoms with Crippen molar-refractivity contribution in [2.45, 2.75) is 229 Å². The summed E-state index contributed by atoms with van der Waals surface area (Å²) in [5.74, 6) is -2.05. The van der Waals surface area contributed by atoms with Gasteiger partial charge >= 0.3 is 11.9 Å². The summed E-state index contributed by atoms with van der Waals surface area (Å²) in [5.41, 5.74) is -1.20. The summed E-state index contributed by atoms with van der Waals surface area (Å²) < 4.78 is 47.5. The number of hydrogen-bond acceptors (Lipinski definition) is 21. The number of carboxylic acids is 1. The molecular weight excluding hydrogens is 977 g/mol. The second-order valence-electron chi connectivity index (χ2n) is 25.3. The van der Waals surface area contributed by atoms with Crippen LogP contribution in [0.25, 0.3) is 0 Å². The zero-order chi connectivity index (χ0) is 54.0. The van der Waals surface area contributed by atoms with Gasteiger partial charge in [0.2, 0.25) is 6.29 Å². The summed E-state index contributed by atoms with van der Waals surface area (Å²) in [4.78, 5) is 27.8. The normalized spacial score (nSPS) is 52.7. The lowest BCUT2D eigenvalue weighted by Crippen LogP contribution is -2.67. The Morgan fingerprint density at radius 2 is 1.11 bits per heavy atom. The van der Waals surface area contributed by atoms with Crippen LogP contribution in [0.1, 0.15) is 113 Å². The quantitative estimate of drug-likeness (QED) is 0.0655. The van der Waals surface area contributed by atoms with Crippen molar-refractivity contribution in [2.75, 3.05) is 19.8 Å². The minimum absolute atomic E-state index is 0.0557. The largest absolute Gasteiger partial charge is 0.479 e. The van der Waals surface area contributed by atoms with Gasteiger partial charge in [0.05, 0.1) is 31.3 Å². The van der Waals surface area contributed by atoms with E-state index < -0.39 is 159 Å². The Bertz CT molecular complexity index is 2090. The van der Waals surface area contributed by atoms with Crippen LogP contribution in [0.3, 0.4) is 0 Å². The van der Waals surface area contributed by atoms with Crippen LogP contribution in [0.5, 0.6) is 0 Å². The molecule has 0 spiro atoms. The van der Waals surface area contributed by atoms with Crippen LogP contribution < -0.4 is 0 Å². The molecule has 9 aliphatic rings. The number of ether oxygens (including phenoxy) is 8. The third-order valence-electron chi connectivity index (χ3n) is 20.7. The van der Waals surface area contributed by atoms with E-state index in [2.05, 4.69) is 54.5 Å². The Kier molecular flexibility index (Phi) is 15.5. The van der Waals surface area contributed by atoms with Gasteiger partial charge in [-0.05, 0) is 109 Å². The van der Waals surface area contributed by atoms with Crippen molar-refractivity contribution < 1.29 is 109 Å². The second kappa shape index (κ2) is 20.3. The molecule has 74 heavy (non-hydrogen) atoms. The molecule has 9 rings (SSSR count). The number of esters is 1. The molecule has 4 saturated carbocycles. The fourth-order valence-corrected chi connectivity index (χ4v) is 16.1. The molecule has 4 aliphatic heterocycles. The van der Waals surface area contributed by atoms with E-state index in [4.69, 9.17) is 37.9 Å². The van der Waals surface area contributed by atoms with Gasteiger partial charge in [-0.15, -0.1) is 0 Å². The molecule has 0 unspecified atom stereocenters. The summed E-state index contributed by atoms with van der Waals surface area (Å²) in [5, 5.41) is 127. The molecule has 0 amide bonds. The van der Waals surface area contributed by atoms with Gasteiger partial charge in [0.15, 0.2) is 25.0 Å². The van der Waals surface area contributed by atoms with Crippen molar-refractivity contribution in [1.82, 2.24) is 0 Å². The van der Waals surface area contributed by atoms with Gasteiger partial charge in [0.1, 0.15) is 79.4 Å². The number of aliphatic hydroxyl groups excluding tert-OH is 11. The average Bonchev–Trinajstić information content (AvgIpc) is 3.78. The van der Waals surface area contributed by atoms with Gasteiger partial charge < -0.3 is 99.2 Å². The van der Waals surface area contributed by atoms with Crippen LogP contribution in [-0.4, -0.2) is 210 Å². The Balaban J connectivity index is 0.964. The highest BCUT2D eigenvalue weighted by Gasteiger charge is 2.70. The van der Waals surface area contributed by atoms with E-state index in [9.17, 15) is 70.9 Å². The predicted octanol–water partition coefficient (Wildman–Crippen LogP) is -0.665. The number of carbonyl (C=O) groups excluding carboxylic acids is 1. The van der Waals surface area contributed by atoms with Crippen molar-refractivity contribution in [2.24, 2.45) is 50.2 Å². The number of aliphatic hydroxyl groups is 11. The van der Waals surface area contributed by atoms with Crippen molar-refractivity contribution in [1.29, 1.82) is 0 Å². The molecule has 0 aromatic rings. The maximum Gasteiger partial charge on any atom is 0.335 e. The summed E-state index contributed by atoms with van der Waals surface area (Å²) >= 11 is 0. The molecule has 0 aromatic heterocycles. The monoisotopic (exact) mass is 1060 g/mol. The van der Waals surface area contributed by atoms with E-state index in [-0.39, 0.29) is 39.4 Å². The maximum atomic E-state index is 14.7. The van der Waals surface area contributed by atoms with Gasteiger partial charge in [-0.1, -0.05) is 60.1 Å². The summed E-state index contributed by atoms with van der Waals surface area (Å²) in [6.07, 6.45) is -21.1. The van der Waals surface area contributed by atoms with Crippen molar-refractivity contribution >= 4 is 11.9 Å². The molecule has 4 heterocycles. The van der Waals surface area contributed by atoms with Crippen LogP contribution in [0.2, 0.25) is 0 Å². The smallest absolute Gasteiger partial charge is 0.335 e. The van der Waals surface area contributed by atoms with Gasteiger partial charge in [-0.2, -0.15) is 0 Å². The molecule has 5 aliphatic carbocycles. The Morgan fingerprint density at radius 1 is 0.581 bits per heavy atom. The first-order valence-electron chi connectivity index (χ1n) is 26.6. The fraction of sp³-hybridized carbons (Fsp3) is 0.923. The zero-order valence-corrected chi connectivity index (χ0v) is 43.4. The van der Waals surface area contributed by atoms with Crippen LogP contribution in [-0.2, 0) is 47.5 Å². The number of aliphatic carboxylic acids is 1. The number of carbonyl (C=O) groups is 2. The molecule has 8 fully saturated rings. The molecule has 422 valence electrons. The highest BCUT2D eigenvalue weighted by atomic mass is 16.8. The molecule has 22 nitrogen and oxygen atoms in total. The lowest BCUT2D eigenvalue weighted by molar-refractivity contribution is -0.360. The first-order valence-corrected chi connectivity index (χ1v) is 26.6. The van der Waals surface area contributed by atoms with Gasteiger partial charge in [-0.3, -0.25) is 4.79 Å². The van der Waals surface area contributed by atoms with Crippen LogP contribution >= 0.6 is 0 Å². The SMILES string of the molecule is CC1(C)CC[C@]2(C(=O)O[C@@H]3O[C@@H](CO)[C@H](O)[C@H](O)[C@H]3O)CC[C@@]3(C)C(=CC[C@@H]4[C@]5(C)CC[C@H](O[C@@H]6O[C@H](C(=O)O)[C@@H](O[C@@H]7O[C@@H](CO)[C@H](O)[C@H]7O)[C@H](O[C@@H]7O[C@@H](CO)[C@H](O)[C@H]7O)[C@H]6O)C(C)(C)[C@@H]5CC[C@]43C)[C@H]2C1. The minimum atomic E-state index is -1.97. The topological polar surface area (TPSA) is 351 Å². The predicted molar refractivity (Wildman–Crippen MR) is 251 cm³/mol. The van der Waals surface area contributed by atoms with Crippen LogP contribution in [0.15, 0.2) is 11.6 Å². The second-order valence-corrected chi connectivity index (χ2v) is 25.3. The average molecular weight is 1060 g/mol. The Hall–Kier alpha value is -2.04. The van der Waals surface area contributed by atoms with E-state index in [0.717, 1.165) is 32.1 Å². The molecule has 26 atom stereocenters. The third kappa shape index (κ3) is 8.94. The summed E-state index contributed by atoms with van der Waals surface area (Å²) in [6, 6.07) is 0. The van der Waals surface area contributed by atoms with Crippen LogP contribution in [0.4, 0.5) is 0 Å². The maximum absolute atomic E-state index is 14.7. The number of allylic oxidation sites excluding steroid dienone is 2. The number of rotatable bonds is 12. The van der Waals surface area contributed by atoms with Crippen LogP contribution in [0, 0.1) is 50.2 Å². The molecular formula is C52H82O22. The molecule has 0 radical (unpaired) electrons. The first kappa shape index (κ1) is 56.7. The lowest BCUT2D eigenvalue weighted by atomic mass is 9.33. The van der Waals surface area contributed by atoms with E-state index in [0.29, 0.717) is 32.1 Å². The number of fused-ring (bicyclic) bond motifs is 7. The fourth-order valence-electron chi connectivity index (χ4n) is 16.1. The number of hydrogen-bond donors (Lipinski definition) is 12. The molecule has 0 bridgehead atoms. The van der Waals surface area contributed by atoms with E-state index in [1.54, 1.807) is 0 Å². The standard InChI is InChI=1S/C52H82O22/c1-47(2)14-16-52(46(66)74-44-36(62)33(59)30(56)24(19-53)69-44)17-15-50(6)22(23(52)18-47)8-9-28-49(5)12-11-29(48(3,4)27(49)10-13-51(28,50)7)70-45-37(63)38(71-42-34(60)31(57)25(20-54)67-42)39(40(73-45)41(64)65)72-43-35(61)32(58)26(21-55)68-43/h8,23-40,42-45,53-63H,9-21H2,1-7H3,(H,64,65)/t23-,24+,25+,26+,27+,28-,29+,30+,31+,32+,33+,34-,35-,36-,37-,38-,39+,40+,42+,43+,44+,45-,49-,50+,51-,52+/m1/s1. The van der Waals surface area contributed by atoms with E-state index >= 15 is 0 Å². The number of carboxylic acid groups (broad SMARTS) is 1. The summed E-state index contributed by atoms with van der Waals surface area (Å²) in [6.45, 7) is 13.7. The molecule has 22 heteroatoms.